The van der Waals surface area contributed by atoms with E-state index < -0.39 is 0 Å². The fourth-order valence-electron chi connectivity index (χ4n) is 0.461. The van der Waals surface area contributed by atoms with Crippen molar-refractivity contribution in [2.45, 2.75) is 6.92 Å². The van der Waals surface area contributed by atoms with Gasteiger partial charge < -0.3 is 0 Å². The molecule has 0 aromatic rings. The summed E-state index contributed by atoms with van der Waals surface area (Å²) >= 11 is 0. The molecule has 0 aromatic heterocycles. The summed E-state index contributed by atoms with van der Waals surface area (Å²) < 4.78 is 0. The molecule has 0 nitrogen and oxygen atoms in total. The van der Waals surface area contributed by atoms with Crippen LogP contribution in [0, 0.1) is 0 Å². The molecule has 0 aromatic carbocycles. The predicted molar refractivity (Wildman–Crippen MR) is 43.3 cm³/mol. The summed E-state index contributed by atoms with van der Waals surface area (Å²) in [5.41, 5.74) is 0.998. The van der Waals surface area contributed by atoms with Gasteiger partial charge in [0.15, 0.2) is 0 Å². The molecule has 0 fully saturated rings. The van der Waals surface area contributed by atoms with Crippen LogP contribution < -0.4 is 0 Å². The minimum Gasteiger partial charge on any atom is -0.0991 e. The lowest BCUT2D eigenvalue weighted by Gasteiger charge is -1.83. The fraction of sp³-hybridized carbons (Fsp3) is 0.111. The molecule has 0 radical (unpaired) electrons. The first-order chi connectivity index (χ1) is 4.31. The Labute approximate surface area is 56.9 Å². The molecule has 0 N–H and O–H groups in total. The van der Waals surface area contributed by atoms with Gasteiger partial charge in [-0.1, -0.05) is 43.5 Å². The molecule has 0 amide bonds. The molecule has 0 rings (SSSR count). The first-order valence-corrected chi connectivity index (χ1v) is 2.92. The van der Waals surface area contributed by atoms with E-state index in [2.05, 4.69) is 13.2 Å². The minimum atomic E-state index is 0.998. The van der Waals surface area contributed by atoms with Crippen molar-refractivity contribution in [3.8, 4) is 0 Å². The molecule has 0 aliphatic rings. The molecule has 0 aliphatic heterocycles. The third-order valence-electron chi connectivity index (χ3n) is 0.827. The second-order valence-corrected chi connectivity index (χ2v) is 1.67. The summed E-state index contributed by atoms with van der Waals surface area (Å²) in [6, 6.07) is 0. The molecule has 0 saturated heterocycles. The topological polar surface area (TPSA) is 0 Å². The summed E-state index contributed by atoms with van der Waals surface area (Å²) in [6.45, 7) is 9.27. The van der Waals surface area contributed by atoms with Crippen molar-refractivity contribution in [1.29, 1.82) is 0 Å². The Morgan fingerprint density at radius 2 is 2.00 bits per heavy atom. The normalized spacial score (nSPS) is 10.8. The quantitative estimate of drug-likeness (QED) is 0.502. The Hall–Kier alpha value is -1.04. The maximum atomic E-state index is 3.76. The van der Waals surface area contributed by atoms with E-state index in [4.69, 9.17) is 0 Å². The number of allylic oxidation sites excluding steroid dienone is 6. The lowest BCUT2D eigenvalue weighted by Crippen LogP contribution is -1.62. The summed E-state index contributed by atoms with van der Waals surface area (Å²) in [6.07, 6.45) is 9.40. The van der Waals surface area contributed by atoms with Crippen molar-refractivity contribution in [2.24, 2.45) is 0 Å². The molecule has 0 saturated carbocycles. The summed E-state index contributed by atoms with van der Waals surface area (Å²) in [4.78, 5) is 0. The predicted octanol–water partition coefficient (Wildman–Crippen LogP) is 2.86. The first-order valence-electron chi connectivity index (χ1n) is 2.92. The Kier molecular flexibility index (Phi) is 4.51. The van der Waals surface area contributed by atoms with Crippen LogP contribution >= 0.6 is 0 Å². The highest BCUT2D eigenvalue weighted by molar-refractivity contribution is 5.28. The van der Waals surface area contributed by atoms with Gasteiger partial charge in [-0.25, -0.2) is 0 Å². The van der Waals surface area contributed by atoms with Gasteiger partial charge in [0.1, 0.15) is 0 Å². The first kappa shape index (κ1) is 7.96. The van der Waals surface area contributed by atoms with Crippen molar-refractivity contribution in [2.75, 3.05) is 0 Å². The van der Waals surface area contributed by atoms with Crippen LogP contribution in [0.2, 0.25) is 0 Å². The molecule has 48 valence electrons. The second-order valence-electron chi connectivity index (χ2n) is 1.67. The van der Waals surface area contributed by atoms with Crippen molar-refractivity contribution < 1.29 is 0 Å². The third-order valence-corrected chi connectivity index (χ3v) is 0.827. The highest BCUT2D eigenvalue weighted by Gasteiger charge is 1.72. The molecular weight excluding hydrogens is 108 g/mol. The Morgan fingerprint density at radius 3 is 2.44 bits per heavy atom. The number of hydrogen-bond acceptors (Lipinski definition) is 0. The van der Waals surface area contributed by atoms with Crippen LogP contribution in [-0.2, 0) is 0 Å². The summed E-state index contributed by atoms with van der Waals surface area (Å²) in [5.74, 6) is 0. The molecule has 0 unspecified atom stereocenters. The van der Waals surface area contributed by atoms with E-state index in [9.17, 15) is 0 Å². The lowest BCUT2D eigenvalue weighted by molar-refractivity contribution is 1.66. The highest BCUT2D eigenvalue weighted by atomic mass is 13.8. The van der Waals surface area contributed by atoms with Crippen LogP contribution in [-0.4, -0.2) is 0 Å². The van der Waals surface area contributed by atoms with Crippen LogP contribution in [0.25, 0.3) is 0 Å². The average Bonchev–Trinajstić information content (AvgIpc) is 1.85. The maximum Gasteiger partial charge on any atom is -0.0332 e. The second kappa shape index (κ2) is 5.10. The summed E-state index contributed by atoms with van der Waals surface area (Å²) in [7, 11) is 0. The van der Waals surface area contributed by atoms with E-state index in [0.29, 0.717) is 0 Å². The number of rotatable bonds is 3. The highest BCUT2D eigenvalue weighted by Crippen LogP contribution is 1.93. The smallest absolute Gasteiger partial charge is 0.0332 e. The SMILES string of the molecule is C=C/C=C\C(=C)/C=C\C. The Balaban J connectivity index is 3.76. The van der Waals surface area contributed by atoms with Crippen molar-refractivity contribution >= 4 is 0 Å². The van der Waals surface area contributed by atoms with Gasteiger partial charge in [-0.2, -0.15) is 0 Å². The van der Waals surface area contributed by atoms with Gasteiger partial charge in [0.05, 0.1) is 0 Å². The van der Waals surface area contributed by atoms with E-state index in [1.807, 2.05) is 31.2 Å². The lowest BCUT2D eigenvalue weighted by atomic mass is 10.2. The van der Waals surface area contributed by atoms with E-state index in [-0.39, 0.29) is 0 Å². The van der Waals surface area contributed by atoms with Crippen molar-refractivity contribution in [3.05, 3.63) is 49.1 Å². The monoisotopic (exact) mass is 120 g/mol. The molecule has 0 spiro atoms. The maximum absolute atomic E-state index is 3.76. The third kappa shape index (κ3) is 4.82. The van der Waals surface area contributed by atoms with E-state index in [0.717, 1.165) is 5.57 Å². The van der Waals surface area contributed by atoms with Gasteiger partial charge in [-0.05, 0) is 12.5 Å². The molecule has 0 heterocycles. The van der Waals surface area contributed by atoms with Crippen molar-refractivity contribution in [1.82, 2.24) is 0 Å². The van der Waals surface area contributed by atoms with Crippen LogP contribution in [0.3, 0.4) is 0 Å². The number of hydrogen-bond donors (Lipinski definition) is 0. The fourth-order valence-corrected chi connectivity index (χ4v) is 0.461. The van der Waals surface area contributed by atoms with Crippen LogP contribution in [0.1, 0.15) is 6.92 Å². The molecular formula is C9H12. The van der Waals surface area contributed by atoms with Gasteiger partial charge >= 0.3 is 0 Å². The Morgan fingerprint density at radius 1 is 1.33 bits per heavy atom. The zero-order valence-electron chi connectivity index (χ0n) is 5.80. The van der Waals surface area contributed by atoms with Gasteiger partial charge in [-0.3, -0.25) is 0 Å². The van der Waals surface area contributed by atoms with E-state index >= 15 is 0 Å². The van der Waals surface area contributed by atoms with Gasteiger partial charge in [0.2, 0.25) is 0 Å². The standard InChI is InChI=1S/C9H12/c1-4-6-8-9(3)7-5-2/h4-8H,1,3H2,2H3/b7-5-,8-6-. The van der Waals surface area contributed by atoms with Gasteiger partial charge in [0, 0.05) is 0 Å². The van der Waals surface area contributed by atoms with Crippen LogP contribution in [0.15, 0.2) is 49.1 Å². The van der Waals surface area contributed by atoms with E-state index in [1.54, 1.807) is 6.08 Å². The van der Waals surface area contributed by atoms with E-state index in [1.165, 1.54) is 0 Å². The molecule has 0 aliphatic carbocycles. The largest absolute Gasteiger partial charge is 0.0991 e. The van der Waals surface area contributed by atoms with Crippen LogP contribution in [0.4, 0.5) is 0 Å². The average molecular weight is 120 g/mol. The molecule has 0 atom stereocenters. The van der Waals surface area contributed by atoms with Gasteiger partial charge in [0.25, 0.3) is 0 Å². The Bertz CT molecular complexity index is 147. The minimum absolute atomic E-state index is 0.998. The van der Waals surface area contributed by atoms with Gasteiger partial charge in [-0.15, -0.1) is 0 Å². The molecule has 0 heteroatoms. The zero-order chi connectivity index (χ0) is 7.11. The molecule has 9 heavy (non-hydrogen) atoms. The zero-order valence-corrected chi connectivity index (χ0v) is 5.80. The van der Waals surface area contributed by atoms with Crippen LogP contribution in [0.5, 0.6) is 0 Å². The molecule has 0 bridgehead atoms. The summed E-state index contributed by atoms with van der Waals surface area (Å²) in [5, 5.41) is 0. The van der Waals surface area contributed by atoms with Crippen molar-refractivity contribution in [3.63, 3.8) is 0 Å².